The molecule has 1 unspecified atom stereocenters. The third kappa shape index (κ3) is 2.51. The fourth-order valence-corrected chi connectivity index (χ4v) is 2.54. The Bertz CT molecular complexity index is 514. The molecule has 0 aliphatic carbocycles. The average Bonchev–Trinajstić information content (AvgIpc) is 2.61. The van der Waals surface area contributed by atoms with Crippen molar-refractivity contribution in [1.82, 2.24) is 0 Å². The molecule has 0 spiro atoms. The van der Waals surface area contributed by atoms with Crippen LogP contribution in [0.1, 0.15) is 27.7 Å². The van der Waals surface area contributed by atoms with Gasteiger partial charge < -0.3 is 24.4 Å². The average molecular weight is 318 g/mol. The van der Waals surface area contributed by atoms with Gasteiger partial charge in [-0.15, -0.1) is 0 Å². The Hall–Kier alpha value is -1.84. The number of carbonyl (C=O) groups is 4. The van der Waals surface area contributed by atoms with Crippen LogP contribution in [-0.2, 0) is 33.4 Å². The molecule has 0 amide bonds. The van der Waals surface area contributed by atoms with Crippen molar-refractivity contribution in [1.29, 1.82) is 0 Å². The zero-order valence-corrected chi connectivity index (χ0v) is 12.6. The van der Waals surface area contributed by atoms with Crippen molar-refractivity contribution in [2.24, 2.45) is 0 Å². The molecule has 1 aliphatic heterocycles. The van der Waals surface area contributed by atoms with Gasteiger partial charge in [0.05, 0.1) is 6.61 Å². The van der Waals surface area contributed by atoms with Crippen molar-refractivity contribution in [3.8, 4) is 0 Å². The van der Waals surface area contributed by atoms with Crippen LogP contribution in [0.15, 0.2) is 0 Å². The van der Waals surface area contributed by atoms with Crippen LogP contribution in [0.3, 0.4) is 0 Å². The second-order valence-electron chi connectivity index (χ2n) is 4.94. The third-order valence-corrected chi connectivity index (χ3v) is 3.33. The third-order valence-electron chi connectivity index (χ3n) is 3.33. The number of esters is 2. The van der Waals surface area contributed by atoms with Gasteiger partial charge in [-0.05, 0) is 6.92 Å². The number of carbonyl (C=O) groups excluding carboxylic acids is 4. The number of hydrogen-bond acceptors (Lipinski definition) is 9. The first-order valence-electron chi connectivity index (χ1n) is 6.43. The molecule has 0 aromatic heterocycles. The first kappa shape index (κ1) is 18.2. The Kier molecular flexibility index (Phi) is 5.06. The lowest BCUT2D eigenvalue weighted by Gasteiger charge is -2.39. The van der Waals surface area contributed by atoms with E-state index >= 15 is 0 Å². The number of aliphatic hydroxyl groups is 2. The van der Waals surface area contributed by atoms with Gasteiger partial charge in [-0.1, -0.05) is 0 Å². The maximum Gasteiger partial charge on any atom is 0.324 e. The van der Waals surface area contributed by atoms with Crippen LogP contribution in [0, 0.1) is 0 Å². The summed E-state index contributed by atoms with van der Waals surface area (Å²) in [7, 11) is 0. The highest BCUT2D eigenvalue weighted by molar-refractivity contribution is 6.00. The number of ketones is 2. The zero-order chi connectivity index (χ0) is 17.3. The van der Waals surface area contributed by atoms with E-state index in [2.05, 4.69) is 0 Å². The Morgan fingerprint density at radius 3 is 1.82 bits per heavy atom. The van der Waals surface area contributed by atoms with E-state index in [1.54, 1.807) is 0 Å². The molecule has 0 aromatic carbocycles. The van der Waals surface area contributed by atoms with Gasteiger partial charge in [-0.25, -0.2) is 0 Å². The fraction of sp³-hybridized carbons (Fsp3) is 0.692. The molecule has 0 saturated carbocycles. The summed E-state index contributed by atoms with van der Waals surface area (Å²) in [5.74, 6) is -6.62. The molecule has 1 fully saturated rings. The molecule has 4 atom stereocenters. The van der Waals surface area contributed by atoms with Crippen LogP contribution >= 0.6 is 0 Å². The number of ether oxygens (including phenoxy) is 3. The molecule has 124 valence electrons. The van der Waals surface area contributed by atoms with E-state index in [9.17, 15) is 29.4 Å². The van der Waals surface area contributed by atoms with Gasteiger partial charge in [-0.2, -0.15) is 0 Å². The minimum Gasteiger partial charge on any atom is -0.441 e. The van der Waals surface area contributed by atoms with Crippen LogP contribution in [0.5, 0.6) is 0 Å². The van der Waals surface area contributed by atoms with Crippen LogP contribution in [0.25, 0.3) is 0 Å². The molecular weight excluding hydrogens is 300 g/mol. The Labute approximate surface area is 126 Å². The fourth-order valence-electron chi connectivity index (χ4n) is 2.54. The van der Waals surface area contributed by atoms with Crippen LogP contribution < -0.4 is 0 Å². The first-order valence-corrected chi connectivity index (χ1v) is 6.43. The van der Waals surface area contributed by atoms with Gasteiger partial charge in [0.25, 0.3) is 5.60 Å². The minimum atomic E-state index is -2.66. The van der Waals surface area contributed by atoms with Crippen molar-refractivity contribution in [3.63, 3.8) is 0 Å². The Morgan fingerprint density at radius 1 is 1.00 bits per heavy atom. The van der Waals surface area contributed by atoms with E-state index in [1.165, 1.54) is 0 Å². The van der Waals surface area contributed by atoms with Crippen molar-refractivity contribution in [2.45, 2.75) is 51.3 Å². The van der Waals surface area contributed by atoms with Gasteiger partial charge in [0.1, 0.15) is 12.2 Å². The summed E-state index contributed by atoms with van der Waals surface area (Å²) in [6.07, 6.45) is -3.37. The lowest BCUT2D eigenvalue weighted by molar-refractivity contribution is -0.263. The highest BCUT2D eigenvalue weighted by Gasteiger charge is 2.76. The molecule has 1 aliphatic rings. The largest absolute Gasteiger partial charge is 0.441 e. The van der Waals surface area contributed by atoms with Gasteiger partial charge in [0, 0.05) is 20.8 Å². The first-order chi connectivity index (χ1) is 10.0. The van der Waals surface area contributed by atoms with E-state index in [1.807, 2.05) is 0 Å². The smallest absolute Gasteiger partial charge is 0.324 e. The summed E-state index contributed by atoms with van der Waals surface area (Å²) < 4.78 is 14.9. The standard InChI is InChI=1S/C13H18O9/c1-6(15)12(20-8(3)17)11(19)10(5-14)22-13(12,7(2)16)21-9(4)18/h10-11,14,19H,5H2,1-4H3/t10-,11-,12-,13?/m1/s1. The quantitative estimate of drug-likeness (QED) is 0.579. The molecule has 2 N–H and O–H groups in total. The molecule has 0 aromatic rings. The van der Waals surface area contributed by atoms with Crippen molar-refractivity contribution in [2.75, 3.05) is 6.61 Å². The molecule has 9 heteroatoms. The topological polar surface area (TPSA) is 136 Å². The maximum absolute atomic E-state index is 12.1. The molecular formula is C13H18O9. The van der Waals surface area contributed by atoms with Crippen LogP contribution in [-0.4, -0.2) is 63.9 Å². The predicted molar refractivity (Wildman–Crippen MR) is 68.3 cm³/mol. The predicted octanol–water partition coefficient (Wildman–Crippen LogP) is -1.52. The Morgan fingerprint density at radius 2 is 1.50 bits per heavy atom. The maximum atomic E-state index is 12.1. The summed E-state index contributed by atoms with van der Waals surface area (Å²) in [6, 6.07) is 0. The molecule has 1 heterocycles. The van der Waals surface area contributed by atoms with Crippen LogP contribution in [0.2, 0.25) is 0 Å². The molecule has 0 radical (unpaired) electrons. The summed E-state index contributed by atoms with van der Waals surface area (Å²) >= 11 is 0. The highest BCUT2D eigenvalue weighted by Crippen LogP contribution is 2.45. The molecule has 1 rings (SSSR count). The molecule has 9 nitrogen and oxygen atoms in total. The number of rotatable bonds is 5. The van der Waals surface area contributed by atoms with Gasteiger partial charge in [0.15, 0.2) is 5.78 Å². The lowest BCUT2D eigenvalue weighted by Crippen LogP contribution is -2.67. The lowest BCUT2D eigenvalue weighted by atomic mass is 9.82. The van der Waals surface area contributed by atoms with Crippen molar-refractivity contribution >= 4 is 23.5 Å². The number of aliphatic hydroxyl groups excluding tert-OH is 2. The Balaban J connectivity index is 3.65. The van der Waals surface area contributed by atoms with Gasteiger partial charge >= 0.3 is 17.7 Å². The summed E-state index contributed by atoms with van der Waals surface area (Å²) in [4.78, 5) is 47.0. The highest BCUT2D eigenvalue weighted by atomic mass is 16.8. The van der Waals surface area contributed by atoms with E-state index < -0.39 is 53.7 Å². The monoisotopic (exact) mass is 318 g/mol. The summed E-state index contributed by atoms with van der Waals surface area (Å²) in [5.41, 5.74) is -2.59. The van der Waals surface area contributed by atoms with E-state index in [4.69, 9.17) is 14.2 Å². The molecule has 0 bridgehead atoms. The molecule has 1 saturated heterocycles. The van der Waals surface area contributed by atoms with E-state index in [0.29, 0.717) is 0 Å². The van der Waals surface area contributed by atoms with Crippen LogP contribution in [0.4, 0.5) is 0 Å². The zero-order valence-electron chi connectivity index (χ0n) is 12.6. The molecule has 22 heavy (non-hydrogen) atoms. The number of Topliss-reactive ketones (excluding diaryl/α,β-unsaturated/α-hetero) is 2. The SMILES string of the molecule is CC(=O)OC1(C(C)=O)O[C@H](CO)[C@@H](O)[C@]1(OC(C)=O)C(C)=O. The number of hydrogen-bond donors (Lipinski definition) is 2. The van der Waals surface area contributed by atoms with Gasteiger partial charge in [-0.3, -0.25) is 19.2 Å². The normalized spacial score (nSPS) is 34.1. The van der Waals surface area contributed by atoms with E-state index in [-0.39, 0.29) is 0 Å². The van der Waals surface area contributed by atoms with Crippen molar-refractivity contribution < 1.29 is 43.6 Å². The summed E-state index contributed by atoms with van der Waals surface area (Å²) in [5, 5.41) is 19.5. The minimum absolute atomic E-state index is 0.798. The summed E-state index contributed by atoms with van der Waals surface area (Å²) in [6.45, 7) is 2.98. The second-order valence-corrected chi connectivity index (χ2v) is 4.94. The second kappa shape index (κ2) is 6.11. The van der Waals surface area contributed by atoms with Crippen molar-refractivity contribution in [3.05, 3.63) is 0 Å². The van der Waals surface area contributed by atoms with Gasteiger partial charge in [0.2, 0.25) is 5.78 Å². The van der Waals surface area contributed by atoms with E-state index in [0.717, 1.165) is 27.7 Å².